The third kappa shape index (κ3) is 2.62. The van der Waals surface area contributed by atoms with Gasteiger partial charge < -0.3 is 5.32 Å². The number of benzene rings is 2. The molecule has 0 aliphatic carbocycles. The average molecular weight is 360 g/mol. The fourth-order valence-corrected chi connectivity index (χ4v) is 2.64. The predicted octanol–water partition coefficient (Wildman–Crippen LogP) is 3.43. The van der Waals surface area contributed by atoms with Gasteiger partial charge >= 0.3 is 0 Å². The molecule has 1 heterocycles. The first-order chi connectivity index (χ1) is 10.6. The van der Waals surface area contributed by atoms with Gasteiger partial charge in [0, 0.05) is 12.1 Å². The summed E-state index contributed by atoms with van der Waals surface area (Å²) < 4.78 is 0. The van der Waals surface area contributed by atoms with Crippen LogP contribution in [0.4, 0.5) is 17.1 Å². The van der Waals surface area contributed by atoms with Crippen molar-refractivity contribution in [3.8, 4) is 0 Å². The number of alkyl halides is 1. The van der Waals surface area contributed by atoms with Gasteiger partial charge in [0.15, 0.2) is 0 Å². The number of nitro groups is 1. The Hall–Kier alpha value is -2.54. The van der Waals surface area contributed by atoms with Crippen LogP contribution in [0.2, 0.25) is 0 Å². The second-order valence-electron chi connectivity index (χ2n) is 4.67. The maximum atomic E-state index is 12.2. The van der Waals surface area contributed by atoms with Gasteiger partial charge in [-0.2, -0.15) is 0 Å². The number of nitrogens with one attached hydrogen (secondary N) is 1. The van der Waals surface area contributed by atoms with Crippen molar-refractivity contribution in [3.63, 3.8) is 0 Å². The van der Waals surface area contributed by atoms with Gasteiger partial charge in [0.1, 0.15) is 4.83 Å². The topological polar surface area (TPSA) is 84.6 Å². The maximum Gasteiger partial charge on any atom is 0.271 e. The zero-order valence-corrected chi connectivity index (χ0v) is 12.8. The first kappa shape index (κ1) is 14.4. The number of halogens is 1. The fourth-order valence-electron chi connectivity index (χ4n) is 2.16. The average Bonchev–Trinajstić information content (AvgIpc) is 2.65. The predicted molar refractivity (Wildman–Crippen MR) is 87.1 cm³/mol. The molecular formula is C15H10BrN3O3. The molecule has 1 aliphatic heterocycles. The molecule has 0 fully saturated rings. The number of non-ortho nitro benzene ring substituents is 1. The van der Waals surface area contributed by atoms with Crippen LogP contribution in [0.3, 0.4) is 0 Å². The molecule has 0 radical (unpaired) electrons. The molecule has 2 aromatic carbocycles. The second kappa shape index (κ2) is 5.69. The summed E-state index contributed by atoms with van der Waals surface area (Å²) in [5.74, 6) is -0.268. The van der Waals surface area contributed by atoms with Crippen molar-refractivity contribution < 1.29 is 9.72 Å². The first-order valence-corrected chi connectivity index (χ1v) is 7.35. The van der Waals surface area contributed by atoms with Crippen molar-refractivity contribution in [3.05, 3.63) is 64.2 Å². The van der Waals surface area contributed by atoms with Gasteiger partial charge in [-0.1, -0.05) is 46.3 Å². The summed E-state index contributed by atoms with van der Waals surface area (Å²) in [5, 5.41) is 13.6. The minimum absolute atomic E-state index is 0.0721. The van der Waals surface area contributed by atoms with Crippen molar-refractivity contribution in [2.75, 3.05) is 5.32 Å². The fraction of sp³-hybridized carbons (Fsp3) is 0.0667. The van der Waals surface area contributed by atoms with Gasteiger partial charge in [-0.05, 0) is 11.6 Å². The molecule has 0 aromatic heterocycles. The highest BCUT2D eigenvalue weighted by Gasteiger charge is 2.27. The van der Waals surface area contributed by atoms with E-state index in [1.165, 1.54) is 18.2 Å². The molecule has 1 atom stereocenters. The maximum absolute atomic E-state index is 12.2. The number of aliphatic imine (C=N–C) groups is 1. The Labute approximate surface area is 134 Å². The van der Waals surface area contributed by atoms with E-state index in [2.05, 4.69) is 26.2 Å². The highest BCUT2D eigenvalue weighted by atomic mass is 79.9. The molecule has 110 valence electrons. The Morgan fingerprint density at radius 2 is 1.91 bits per heavy atom. The summed E-state index contributed by atoms with van der Waals surface area (Å²) in [4.78, 5) is 26.5. The standard InChI is InChI=1S/C15H10BrN3O3/c16-13-14(9-4-2-1-3-5-9)17-12-8-10(19(21)22)6-7-11(12)18-15(13)20/h1-8,13H,(H,18,20). The van der Waals surface area contributed by atoms with Crippen LogP contribution in [0.15, 0.2) is 53.5 Å². The Bertz CT molecular complexity index is 790. The smallest absolute Gasteiger partial charge is 0.271 e. The van der Waals surface area contributed by atoms with Crippen molar-refractivity contribution in [1.29, 1.82) is 0 Å². The van der Waals surface area contributed by atoms with Crippen molar-refractivity contribution in [2.24, 2.45) is 4.99 Å². The van der Waals surface area contributed by atoms with Gasteiger partial charge in [0.2, 0.25) is 5.91 Å². The van der Waals surface area contributed by atoms with E-state index >= 15 is 0 Å². The van der Waals surface area contributed by atoms with E-state index in [9.17, 15) is 14.9 Å². The number of nitro benzene ring substituents is 1. The van der Waals surface area contributed by atoms with E-state index in [0.717, 1.165) is 5.56 Å². The SMILES string of the molecule is O=C1Nc2ccc([N+](=O)[O-])cc2N=C(c2ccccc2)C1Br. The largest absolute Gasteiger partial charge is 0.323 e. The molecule has 0 spiro atoms. The molecule has 3 rings (SSSR count). The number of amides is 1. The van der Waals surface area contributed by atoms with Crippen LogP contribution in [-0.4, -0.2) is 21.4 Å². The van der Waals surface area contributed by atoms with Crippen molar-refractivity contribution in [1.82, 2.24) is 0 Å². The quantitative estimate of drug-likeness (QED) is 0.506. The van der Waals surface area contributed by atoms with Crippen molar-refractivity contribution in [2.45, 2.75) is 4.83 Å². The normalized spacial score (nSPS) is 17.0. The molecule has 22 heavy (non-hydrogen) atoms. The second-order valence-corrected chi connectivity index (χ2v) is 5.59. The zero-order valence-electron chi connectivity index (χ0n) is 11.2. The van der Waals surface area contributed by atoms with Crippen LogP contribution in [0.1, 0.15) is 5.56 Å². The van der Waals surface area contributed by atoms with Gasteiger partial charge in [-0.25, -0.2) is 4.99 Å². The van der Waals surface area contributed by atoms with Gasteiger partial charge in [-0.15, -0.1) is 0 Å². The number of carbonyl (C=O) groups is 1. The third-order valence-electron chi connectivity index (χ3n) is 3.23. The number of anilines is 1. The number of carbonyl (C=O) groups excluding carboxylic acids is 1. The van der Waals surface area contributed by atoms with Crippen LogP contribution in [0.25, 0.3) is 0 Å². The van der Waals surface area contributed by atoms with Crippen LogP contribution >= 0.6 is 15.9 Å². The summed E-state index contributed by atoms with van der Waals surface area (Å²) in [7, 11) is 0. The van der Waals surface area contributed by atoms with E-state index in [-0.39, 0.29) is 11.6 Å². The van der Waals surface area contributed by atoms with Gasteiger partial charge in [0.25, 0.3) is 5.69 Å². The lowest BCUT2D eigenvalue weighted by molar-refractivity contribution is -0.384. The molecule has 2 aromatic rings. The van der Waals surface area contributed by atoms with Crippen LogP contribution < -0.4 is 5.32 Å². The lowest BCUT2D eigenvalue weighted by atomic mass is 10.1. The Morgan fingerprint density at radius 1 is 1.18 bits per heavy atom. The lowest BCUT2D eigenvalue weighted by Crippen LogP contribution is -2.29. The number of nitrogens with zero attached hydrogens (tertiary/aromatic N) is 2. The molecule has 0 bridgehead atoms. The molecular weight excluding hydrogens is 350 g/mol. The summed E-state index contributed by atoms with van der Waals surface area (Å²) >= 11 is 3.34. The Balaban J connectivity index is 2.18. The first-order valence-electron chi connectivity index (χ1n) is 6.43. The highest BCUT2D eigenvalue weighted by Crippen LogP contribution is 2.33. The Kier molecular flexibility index (Phi) is 3.72. The number of hydrogen-bond donors (Lipinski definition) is 1. The third-order valence-corrected chi connectivity index (χ3v) is 4.08. The number of hydrogen-bond acceptors (Lipinski definition) is 4. The molecule has 0 saturated carbocycles. The molecule has 1 aliphatic rings. The van der Waals surface area contributed by atoms with Gasteiger partial charge in [-0.3, -0.25) is 14.9 Å². The van der Waals surface area contributed by atoms with Crippen LogP contribution in [0, 0.1) is 10.1 Å². The number of fused-ring (bicyclic) bond motifs is 1. The van der Waals surface area contributed by atoms with Gasteiger partial charge in [0.05, 0.1) is 22.0 Å². The van der Waals surface area contributed by atoms with Crippen LogP contribution in [-0.2, 0) is 4.79 Å². The summed E-state index contributed by atoms with van der Waals surface area (Å²) in [5.41, 5.74) is 2.03. The van der Waals surface area contributed by atoms with Crippen molar-refractivity contribution >= 4 is 44.6 Å². The zero-order chi connectivity index (χ0) is 15.7. The highest BCUT2D eigenvalue weighted by molar-refractivity contribution is 9.10. The van der Waals surface area contributed by atoms with E-state index in [1.54, 1.807) is 0 Å². The summed E-state index contributed by atoms with van der Waals surface area (Å²) in [6.45, 7) is 0. The summed E-state index contributed by atoms with van der Waals surface area (Å²) in [6.07, 6.45) is 0. The minimum atomic E-state index is -0.638. The molecule has 0 saturated heterocycles. The van der Waals surface area contributed by atoms with E-state index < -0.39 is 9.75 Å². The monoisotopic (exact) mass is 359 g/mol. The molecule has 1 unspecified atom stereocenters. The lowest BCUT2D eigenvalue weighted by Gasteiger charge is -2.09. The van der Waals surface area contributed by atoms with E-state index in [4.69, 9.17) is 0 Å². The molecule has 1 amide bonds. The number of rotatable bonds is 2. The minimum Gasteiger partial charge on any atom is -0.323 e. The van der Waals surface area contributed by atoms with Crippen LogP contribution in [0.5, 0.6) is 0 Å². The molecule has 1 N–H and O–H groups in total. The molecule has 6 nitrogen and oxygen atoms in total. The Morgan fingerprint density at radius 3 is 2.59 bits per heavy atom. The van der Waals surface area contributed by atoms with E-state index in [0.29, 0.717) is 17.1 Å². The van der Waals surface area contributed by atoms with E-state index in [1.807, 2.05) is 30.3 Å². The summed E-state index contributed by atoms with van der Waals surface area (Å²) in [6, 6.07) is 13.4. The molecule has 7 heteroatoms.